The summed E-state index contributed by atoms with van der Waals surface area (Å²) >= 11 is 0. The molecule has 0 aromatic carbocycles. The van der Waals surface area contributed by atoms with Crippen LogP contribution in [-0.2, 0) is 9.53 Å². The standard InChI is InChI=1S/C13H23NO4/c1-13(2,3)18-12(17)14-10-7-5-4-6-9(10)8-11(15)16/h9-10H,4-8H2,1-3H3,(H,14,17)(H,15,16)/t9-,10-/m0/s1. The van der Waals surface area contributed by atoms with E-state index in [1.807, 2.05) is 20.8 Å². The van der Waals surface area contributed by atoms with Gasteiger partial charge in [0, 0.05) is 6.04 Å². The number of hydrogen-bond donors (Lipinski definition) is 2. The van der Waals surface area contributed by atoms with Gasteiger partial charge in [0.1, 0.15) is 5.60 Å². The predicted molar refractivity (Wildman–Crippen MR) is 67.4 cm³/mol. The van der Waals surface area contributed by atoms with Gasteiger partial charge in [-0.15, -0.1) is 0 Å². The number of rotatable bonds is 3. The van der Waals surface area contributed by atoms with Gasteiger partial charge in [-0.1, -0.05) is 12.8 Å². The average molecular weight is 257 g/mol. The molecule has 1 aliphatic carbocycles. The van der Waals surface area contributed by atoms with Crippen LogP contribution in [0, 0.1) is 5.92 Å². The third kappa shape index (κ3) is 5.38. The molecule has 1 amide bonds. The van der Waals surface area contributed by atoms with E-state index in [9.17, 15) is 9.59 Å². The number of carboxylic acids is 1. The fraction of sp³-hybridized carbons (Fsp3) is 0.846. The van der Waals surface area contributed by atoms with Crippen molar-refractivity contribution in [2.24, 2.45) is 5.92 Å². The number of carbonyl (C=O) groups is 2. The van der Waals surface area contributed by atoms with E-state index in [2.05, 4.69) is 5.32 Å². The lowest BCUT2D eigenvalue weighted by atomic mass is 9.82. The molecule has 18 heavy (non-hydrogen) atoms. The molecule has 0 aromatic heterocycles. The monoisotopic (exact) mass is 257 g/mol. The molecule has 1 aliphatic rings. The molecule has 2 N–H and O–H groups in total. The molecule has 2 atom stereocenters. The van der Waals surface area contributed by atoms with Crippen LogP contribution in [0.3, 0.4) is 0 Å². The normalized spacial score (nSPS) is 24.4. The highest BCUT2D eigenvalue weighted by molar-refractivity contribution is 5.69. The van der Waals surface area contributed by atoms with E-state index in [0.717, 1.165) is 25.7 Å². The zero-order chi connectivity index (χ0) is 13.8. The highest BCUT2D eigenvalue weighted by Crippen LogP contribution is 2.27. The molecule has 1 fully saturated rings. The Hall–Kier alpha value is -1.26. The van der Waals surface area contributed by atoms with Crippen LogP contribution in [0.5, 0.6) is 0 Å². The van der Waals surface area contributed by atoms with Crippen LogP contribution in [0.2, 0.25) is 0 Å². The zero-order valence-corrected chi connectivity index (χ0v) is 11.4. The summed E-state index contributed by atoms with van der Waals surface area (Å²) in [6.07, 6.45) is 3.40. The van der Waals surface area contributed by atoms with Crippen molar-refractivity contribution in [3.8, 4) is 0 Å². The van der Waals surface area contributed by atoms with Gasteiger partial charge in [0.15, 0.2) is 0 Å². The molecule has 0 unspecified atom stereocenters. The second-order valence-electron chi connectivity index (χ2n) is 5.90. The highest BCUT2D eigenvalue weighted by Gasteiger charge is 2.29. The molecular formula is C13H23NO4. The molecule has 0 heterocycles. The van der Waals surface area contributed by atoms with Crippen molar-refractivity contribution in [3.63, 3.8) is 0 Å². The number of nitrogens with one attached hydrogen (secondary N) is 1. The first-order valence-corrected chi connectivity index (χ1v) is 6.49. The Kier molecular flexibility index (Phi) is 4.99. The zero-order valence-electron chi connectivity index (χ0n) is 11.4. The van der Waals surface area contributed by atoms with Gasteiger partial charge < -0.3 is 15.2 Å². The van der Waals surface area contributed by atoms with Crippen molar-refractivity contribution >= 4 is 12.1 Å². The summed E-state index contributed by atoms with van der Waals surface area (Å²) in [6.45, 7) is 5.42. The minimum atomic E-state index is -0.808. The lowest BCUT2D eigenvalue weighted by Gasteiger charge is -2.32. The number of aliphatic carboxylic acids is 1. The van der Waals surface area contributed by atoms with E-state index in [4.69, 9.17) is 9.84 Å². The van der Waals surface area contributed by atoms with Crippen LogP contribution in [0.4, 0.5) is 4.79 Å². The van der Waals surface area contributed by atoms with Gasteiger partial charge >= 0.3 is 12.1 Å². The summed E-state index contributed by atoms with van der Waals surface area (Å²) in [6, 6.07) is -0.0790. The topological polar surface area (TPSA) is 75.6 Å². The number of alkyl carbamates (subject to hydrolysis) is 1. The maximum Gasteiger partial charge on any atom is 0.407 e. The van der Waals surface area contributed by atoms with E-state index >= 15 is 0 Å². The van der Waals surface area contributed by atoms with Gasteiger partial charge in [-0.05, 0) is 39.5 Å². The molecular weight excluding hydrogens is 234 g/mol. The minimum absolute atomic E-state index is 0.0174. The molecule has 0 bridgehead atoms. The van der Waals surface area contributed by atoms with Gasteiger partial charge in [0.25, 0.3) is 0 Å². The Morgan fingerprint density at radius 1 is 1.28 bits per heavy atom. The van der Waals surface area contributed by atoms with E-state index in [0.29, 0.717) is 0 Å². The fourth-order valence-electron chi connectivity index (χ4n) is 2.33. The largest absolute Gasteiger partial charge is 0.481 e. The summed E-state index contributed by atoms with van der Waals surface area (Å²) in [5.41, 5.74) is -0.527. The minimum Gasteiger partial charge on any atom is -0.481 e. The molecule has 5 nitrogen and oxygen atoms in total. The second kappa shape index (κ2) is 6.07. The first-order valence-electron chi connectivity index (χ1n) is 6.49. The Balaban J connectivity index is 2.51. The SMILES string of the molecule is CC(C)(C)OC(=O)N[C@H]1CCCC[C@H]1CC(=O)O. The molecule has 0 radical (unpaired) electrons. The average Bonchev–Trinajstić information content (AvgIpc) is 2.17. The summed E-state index contributed by atoms with van der Waals surface area (Å²) < 4.78 is 5.20. The van der Waals surface area contributed by atoms with E-state index in [1.165, 1.54) is 0 Å². The smallest absolute Gasteiger partial charge is 0.407 e. The maximum atomic E-state index is 11.7. The molecule has 1 rings (SSSR count). The van der Waals surface area contributed by atoms with Crippen LogP contribution < -0.4 is 5.32 Å². The quantitative estimate of drug-likeness (QED) is 0.814. The van der Waals surface area contributed by atoms with Crippen molar-refractivity contribution in [2.75, 3.05) is 0 Å². The van der Waals surface area contributed by atoms with E-state index in [-0.39, 0.29) is 18.4 Å². The lowest BCUT2D eigenvalue weighted by molar-refractivity contribution is -0.138. The van der Waals surface area contributed by atoms with Crippen molar-refractivity contribution in [1.82, 2.24) is 5.32 Å². The molecule has 1 saturated carbocycles. The van der Waals surface area contributed by atoms with Gasteiger partial charge in [0.2, 0.25) is 0 Å². The molecule has 0 aromatic rings. The molecule has 0 saturated heterocycles. The van der Waals surface area contributed by atoms with Crippen LogP contribution in [-0.4, -0.2) is 28.8 Å². The van der Waals surface area contributed by atoms with Crippen LogP contribution >= 0.6 is 0 Å². The van der Waals surface area contributed by atoms with Gasteiger partial charge in [0.05, 0.1) is 6.42 Å². The number of amides is 1. The summed E-state index contributed by atoms with van der Waals surface area (Å²) in [4.78, 5) is 22.5. The van der Waals surface area contributed by atoms with Crippen molar-refractivity contribution in [1.29, 1.82) is 0 Å². The molecule has 0 aliphatic heterocycles. The van der Waals surface area contributed by atoms with Gasteiger partial charge in [-0.25, -0.2) is 4.79 Å². The Morgan fingerprint density at radius 3 is 2.44 bits per heavy atom. The fourth-order valence-corrected chi connectivity index (χ4v) is 2.33. The number of ether oxygens (including phenoxy) is 1. The van der Waals surface area contributed by atoms with Crippen molar-refractivity contribution in [2.45, 2.75) is 64.5 Å². The van der Waals surface area contributed by atoms with Gasteiger partial charge in [-0.3, -0.25) is 4.79 Å². The third-order valence-electron chi connectivity index (χ3n) is 3.05. The van der Waals surface area contributed by atoms with Crippen LogP contribution in [0.25, 0.3) is 0 Å². The summed E-state index contributed by atoms with van der Waals surface area (Å²) in [5.74, 6) is -0.790. The van der Waals surface area contributed by atoms with E-state index in [1.54, 1.807) is 0 Å². The number of carboxylic acid groups (broad SMARTS) is 1. The lowest BCUT2D eigenvalue weighted by Crippen LogP contribution is -2.44. The van der Waals surface area contributed by atoms with Gasteiger partial charge in [-0.2, -0.15) is 0 Å². The number of carbonyl (C=O) groups excluding carboxylic acids is 1. The van der Waals surface area contributed by atoms with Crippen molar-refractivity contribution < 1.29 is 19.4 Å². The predicted octanol–water partition coefficient (Wildman–Crippen LogP) is 2.54. The summed E-state index contributed by atoms with van der Waals surface area (Å²) in [5, 5.41) is 11.7. The maximum absolute atomic E-state index is 11.7. The molecule has 5 heteroatoms. The van der Waals surface area contributed by atoms with E-state index < -0.39 is 17.7 Å². The Labute approximate surface area is 108 Å². The molecule has 104 valence electrons. The number of hydrogen-bond acceptors (Lipinski definition) is 3. The molecule has 0 spiro atoms. The summed E-state index contributed by atoms with van der Waals surface area (Å²) in [7, 11) is 0. The second-order valence-corrected chi connectivity index (χ2v) is 5.90. The first kappa shape index (κ1) is 14.8. The van der Waals surface area contributed by atoms with Crippen molar-refractivity contribution in [3.05, 3.63) is 0 Å². The Bertz CT molecular complexity index is 309. The highest BCUT2D eigenvalue weighted by atomic mass is 16.6. The van der Waals surface area contributed by atoms with Crippen LogP contribution in [0.15, 0.2) is 0 Å². The van der Waals surface area contributed by atoms with Crippen LogP contribution in [0.1, 0.15) is 52.9 Å². The first-order chi connectivity index (χ1) is 8.28. The third-order valence-corrected chi connectivity index (χ3v) is 3.05. The Morgan fingerprint density at radius 2 is 1.89 bits per heavy atom.